The molecule has 1 amide bonds. The van der Waals surface area contributed by atoms with E-state index in [2.05, 4.69) is 26.7 Å². The lowest BCUT2D eigenvalue weighted by Gasteiger charge is -2.09. The van der Waals surface area contributed by atoms with Crippen LogP contribution >= 0.6 is 22.7 Å². The third kappa shape index (κ3) is 4.38. The van der Waals surface area contributed by atoms with E-state index in [9.17, 15) is 4.79 Å². The summed E-state index contributed by atoms with van der Waals surface area (Å²) in [6.45, 7) is 5.69. The van der Waals surface area contributed by atoms with E-state index in [-0.39, 0.29) is 5.91 Å². The molecule has 0 radical (unpaired) electrons. The highest BCUT2D eigenvalue weighted by Crippen LogP contribution is 2.28. The minimum atomic E-state index is -0.0604. The number of benzene rings is 1. The SMILES string of the molecule is Cc1cc(C(=O)NCc2ccc(CN)cc2)c(C)n1Cc1csc(-c2cccs2)n1. The monoisotopic (exact) mass is 436 g/mol. The fraction of sp³-hybridized carbons (Fsp3) is 0.217. The molecular formula is C23H24N4OS2. The maximum absolute atomic E-state index is 12.8. The zero-order valence-electron chi connectivity index (χ0n) is 17.0. The number of amides is 1. The second-order valence-electron chi connectivity index (χ2n) is 7.20. The van der Waals surface area contributed by atoms with E-state index in [0.717, 1.165) is 33.2 Å². The van der Waals surface area contributed by atoms with Crippen LogP contribution in [0.5, 0.6) is 0 Å². The topological polar surface area (TPSA) is 72.9 Å². The van der Waals surface area contributed by atoms with E-state index in [0.29, 0.717) is 25.2 Å². The van der Waals surface area contributed by atoms with Crippen molar-refractivity contribution in [2.45, 2.75) is 33.5 Å². The van der Waals surface area contributed by atoms with Gasteiger partial charge in [0.25, 0.3) is 5.91 Å². The molecule has 0 saturated carbocycles. The average molecular weight is 437 g/mol. The van der Waals surface area contributed by atoms with Gasteiger partial charge in [-0.3, -0.25) is 4.79 Å². The first kappa shape index (κ1) is 20.5. The van der Waals surface area contributed by atoms with E-state index in [4.69, 9.17) is 10.7 Å². The van der Waals surface area contributed by atoms with Gasteiger partial charge >= 0.3 is 0 Å². The van der Waals surface area contributed by atoms with Crippen LogP contribution in [0.1, 0.15) is 38.6 Å². The van der Waals surface area contributed by atoms with Crippen LogP contribution in [0.2, 0.25) is 0 Å². The van der Waals surface area contributed by atoms with E-state index in [1.54, 1.807) is 22.7 Å². The molecule has 0 saturated heterocycles. The first-order chi connectivity index (χ1) is 14.5. The van der Waals surface area contributed by atoms with Crippen LogP contribution in [0.3, 0.4) is 0 Å². The van der Waals surface area contributed by atoms with Crippen molar-refractivity contribution < 1.29 is 4.79 Å². The van der Waals surface area contributed by atoms with Crippen LogP contribution < -0.4 is 11.1 Å². The fourth-order valence-corrected chi connectivity index (χ4v) is 5.03. The van der Waals surface area contributed by atoms with Gasteiger partial charge in [-0.25, -0.2) is 4.98 Å². The summed E-state index contributed by atoms with van der Waals surface area (Å²) in [4.78, 5) is 18.7. The molecule has 3 heterocycles. The average Bonchev–Trinajstić information content (AvgIpc) is 3.50. The maximum Gasteiger partial charge on any atom is 0.253 e. The summed E-state index contributed by atoms with van der Waals surface area (Å²) in [6.07, 6.45) is 0. The van der Waals surface area contributed by atoms with E-state index in [1.807, 2.05) is 50.2 Å². The number of nitrogens with one attached hydrogen (secondary N) is 1. The van der Waals surface area contributed by atoms with Gasteiger partial charge in [-0.2, -0.15) is 0 Å². The largest absolute Gasteiger partial charge is 0.348 e. The number of thiophene rings is 1. The van der Waals surface area contributed by atoms with Crippen LogP contribution in [0.15, 0.2) is 53.2 Å². The molecule has 5 nitrogen and oxygen atoms in total. The minimum absolute atomic E-state index is 0.0604. The zero-order chi connectivity index (χ0) is 21.1. The lowest BCUT2D eigenvalue weighted by molar-refractivity contribution is 0.0950. The van der Waals surface area contributed by atoms with Crippen LogP contribution in [-0.4, -0.2) is 15.5 Å². The van der Waals surface area contributed by atoms with Crippen LogP contribution in [0.4, 0.5) is 0 Å². The molecule has 0 aliphatic heterocycles. The quantitative estimate of drug-likeness (QED) is 0.440. The number of thiazole rings is 1. The summed E-state index contributed by atoms with van der Waals surface area (Å²) in [7, 11) is 0. The Morgan fingerprint density at radius 1 is 1.13 bits per heavy atom. The summed E-state index contributed by atoms with van der Waals surface area (Å²) < 4.78 is 2.15. The van der Waals surface area contributed by atoms with Crippen molar-refractivity contribution in [2.24, 2.45) is 5.73 Å². The van der Waals surface area contributed by atoms with Gasteiger partial charge in [-0.05, 0) is 42.5 Å². The number of nitrogens with two attached hydrogens (primary N) is 1. The predicted octanol–water partition coefficient (Wildman–Crippen LogP) is 4.73. The fourth-order valence-electron chi connectivity index (χ4n) is 3.40. The first-order valence-electron chi connectivity index (χ1n) is 9.76. The maximum atomic E-state index is 12.8. The highest BCUT2D eigenvalue weighted by atomic mass is 32.1. The van der Waals surface area contributed by atoms with Gasteiger partial charge in [0.2, 0.25) is 0 Å². The Morgan fingerprint density at radius 2 is 1.90 bits per heavy atom. The van der Waals surface area contributed by atoms with Crippen molar-refractivity contribution in [1.29, 1.82) is 0 Å². The van der Waals surface area contributed by atoms with Gasteiger partial charge in [-0.15, -0.1) is 22.7 Å². The van der Waals surface area contributed by atoms with Crippen molar-refractivity contribution in [3.8, 4) is 9.88 Å². The molecular weight excluding hydrogens is 412 g/mol. The molecule has 3 N–H and O–H groups in total. The lowest BCUT2D eigenvalue weighted by atomic mass is 10.1. The van der Waals surface area contributed by atoms with Gasteiger partial charge in [0.1, 0.15) is 5.01 Å². The second-order valence-corrected chi connectivity index (χ2v) is 9.00. The molecule has 0 unspecified atom stereocenters. The summed E-state index contributed by atoms with van der Waals surface area (Å²) in [5, 5.41) is 8.23. The van der Waals surface area contributed by atoms with Gasteiger partial charge < -0.3 is 15.6 Å². The Hall–Kier alpha value is -2.74. The molecule has 0 aliphatic rings. The number of carbonyl (C=O) groups excluding carboxylic acids is 1. The number of hydrogen-bond donors (Lipinski definition) is 2. The third-order valence-corrected chi connectivity index (χ3v) is 7.06. The second kappa shape index (κ2) is 8.95. The normalized spacial score (nSPS) is 11.0. The number of nitrogens with zero attached hydrogens (tertiary/aromatic N) is 2. The van der Waals surface area contributed by atoms with E-state index in [1.165, 1.54) is 4.88 Å². The molecule has 0 fully saturated rings. The Kier molecular flexibility index (Phi) is 6.13. The number of carbonyl (C=O) groups is 1. The minimum Gasteiger partial charge on any atom is -0.348 e. The smallest absolute Gasteiger partial charge is 0.253 e. The molecule has 0 aliphatic carbocycles. The Balaban J connectivity index is 1.45. The summed E-state index contributed by atoms with van der Waals surface area (Å²) in [6, 6.07) is 14.1. The molecule has 1 aromatic carbocycles. The zero-order valence-corrected chi connectivity index (χ0v) is 18.6. The summed E-state index contributed by atoms with van der Waals surface area (Å²) >= 11 is 3.36. The summed E-state index contributed by atoms with van der Waals surface area (Å²) in [5.41, 5.74) is 11.5. The van der Waals surface area contributed by atoms with E-state index < -0.39 is 0 Å². The number of aromatic nitrogens is 2. The van der Waals surface area contributed by atoms with Gasteiger partial charge in [0.05, 0.1) is 22.7 Å². The Morgan fingerprint density at radius 3 is 2.60 bits per heavy atom. The van der Waals surface area contributed by atoms with Crippen molar-refractivity contribution in [3.63, 3.8) is 0 Å². The molecule has 0 spiro atoms. The highest BCUT2D eigenvalue weighted by molar-refractivity contribution is 7.20. The first-order valence-corrected chi connectivity index (χ1v) is 11.5. The lowest BCUT2D eigenvalue weighted by Crippen LogP contribution is -2.23. The number of rotatable bonds is 7. The molecule has 4 aromatic rings. The Labute approximate surface area is 184 Å². The highest BCUT2D eigenvalue weighted by Gasteiger charge is 2.17. The van der Waals surface area contributed by atoms with Crippen molar-refractivity contribution in [2.75, 3.05) is 0 Å². The molecule has 7 heteroatoms. The molecule has 30 heavy (non-hydrogen) atoms. The van der Waals surface area contributed by atoms with Crippen molar-refractivity contribution in [3.05, 3.63) is 87.0 Å². The predicted molar refractivity (Wildman–Crippen MR) is 124 cm³/mol. The third-order valence-electron chi connectivity index (χ3n) is 5.13. The van der Waals surface area contributed by atoms with Crippen molar-refractivity contribution in [1.82, 2.24) is 14.9 Å². The molecule has 4 rings (SSSR count). The van der Waals surface area contributed by atoms with Crippen LogP contribution in [0.25, 0.3) is 9.88 Å². The number of aryl methyl sites for hydroxylation is 1. The standard InChI is InChI=1S/C23H24N4OS2/c1-15-10-20(22(28)25-12-18-7-5-17(11-24)6-8-18)16(2)27(15)13-19-14-30-23(26-19)21-4-3-9-29-21/h3-10,14H,11-13,24H2,1-2H3,(H,25,28). The number of hydrogen-bond acceptors (Lipinski definition) is 5. The van der Waals surface area contributed by atoms with Gasteiger partial charge in [-0.1, -0.05) is 30.3 Å². The molecule has 0 bridgehead atoms. The van der Waals surface area contributed by atoms with Crippen LogP contribution in [0, 0.1) is 13.8 Å². The van der Waals surface area contributed by atoms with Gasteiger partial charge in [0, 0.05) is 29.9 Å². The Bertz CT molecular complexity index is 1140. The molecule has 154 valence electrons. The van der Waals surface area contributed by atoms with Crippen LogP contribution in [-0.2, 0) is 19.6 Å². The van der Waals surface area contributed by atoms with Gasteiger partial charge in [0.15, 0.2) is 0 Å². The summed E-state index contributed by atoms with van der Waals surface area (Å²) in [5.74, 6) is -0.0604. The molecule has 3 aromatic heterocycles. The molecule has 0 atom stereocenters. The van der Waals surface area contributed by atoms with Crippen molar-refractivity contribution >= 4 is 28.6 Å². The van der Waals surface area contributed by atoms with E-state index >= 15 is 0 Å².